The Morgan fingerprint density at radius 1 is 1.25 bits per heavy atom. The van der Waals surface area contributed by atoms with Gasteiger partial charge in [-0.3, -0.25) is 9.88 Å². The molecule has 1 unspecified atom stereocenters. The fourth-order valence-electron chi connectivity index (χ4n) is 3.39. The molecule has 1 aromatic heterocycles. The van der Waals surface area contributed by atoms with Gasteiger partial charge in [0.25, 0.3) is 0 Å². The van der Waals surface area contributed by atoms with Crippen molar-refractivity contribution in [3.63, 3.8) is 0 Å². The van der Waals surface area contributed by atoms with Crippen LogP contribution in [0.25, 0.3) is 0 Å². The van der Waals surface area contributed by atoms with Crippen LogP contribution in [-0.2, 0) is 6.54 Å². The Morgan fingerprint density at radius 3 is 2.95 bits per heavy atom. The van der Waals surface area contributed by atoms with E-state index in [1.807, 2.05) is 18.5 Å². The maximum absolute atomic E-state index is 4.14. The molecule has 4 nitrogen and oxygen atoms in total. The normalized spacial score (nSPS) is 24.5. The fourth-order valence-corrected chi connectivity index (χ4v) is 3.39. The topological polar surface area (TPSA) is 31.4 Å². The van der Waals surface area contributed by atoms with Gasteiger partial charge in [-0.1, -0.05) is 6.07 Å². The molecule has 0 aromatic carbocycles. The Bertz CT molecular complexity index is 389. The first-order chi connectivity index (χ1) is 9.92. The number of rotatable bonds is 6. The molecule has 0 bridgehead atoms. The van der Waals surface area contributed by atoms with Gasteiger partial charge in [0, 0.05) is 44.6 Å². The van der Waals surface area contributed by atoms with Crippen LogP contribution in [0.1, 0.15) is 24.8 Å². The van der Waals surface area contributed by atoms with Crippen molar-refractivity contribution < 1.29 is 0 Å². The summed E-state index contributed by atoms with van der Waals surface area (Å²) >= 11 is 0. The number of hydrogen-bond donors (Lipinski definition) is 1. The lowest BCUT2D eigenvalue weighted by Crippen LogP contribution is -2.37. The maximum Gasteiger partial charge on any atom is 0.0312 e. The smallest absolute Gasteiger partial charge is 0.0312 e. The van der Waals surface area contributed by atoms with Gasteiger partial charge in [0.05, 0.1) is 0 Å². The molecule has 110 valence electrons. The summed E-state index contributed by atoms with van der Waals surface area (Å²) in [7, 11) is 0. The SMILES string of the molecule is c1cncc(CNCCN2CCC(N3CCCC3)C2)c1. The van der Waals surface area contributed by atoms with E-state index in [-0.39, 0.29) is 0 Å². The number of likely N-dealkylation sites (tertiary alicyclic amines) is 2. The van der Waals surface area contributed by atoms with Gasteiger partial charge < -0.3 is 10.2 Å². The zero-order chi connectivity index (χ0) is 13.6. The third kappa shape index (κ3) is 3.78. The Labute approximate surface area is 122 Å². The van der Waals surface area contributed by atoms with E-state index in [4.69, 9.17) is 0 Å². The summed E-state index contributed by atoms with van der Waals surface area (Å²) < 4.78 is 0. The van der Waals surface area contributed by atoms with Gasteiger partial charge in [0.1, 0.15) is 0 Å². The lowest BCUT2D eigenvalue weighted by molar-refractivity contribution is 0.232. The molecule has 4 heteroatoms. The Kier molecular flexibility index (Phi) is 5.01. The summed E-state index contributed by atoms with van der Waals surface area (Å²) in [4.78, 5) is 9.45. The molecule has 3 heterocycles. The van der Waals surface area contributed by atoms with Crippen LogP contribution in [0.3, 0.4) is 0 Å². The van der Waals surface area contributed by atoms with E-state index < -0.39 is 0 Å². The van der Waals surface area contributed by atoms with Gasteiger partial charge >= 0.3 is 0 Å². The van der Waals surface area contributed by atoms with Gasteiger partial charge in [-0.15, -0.1) is 0 Å². The summed E-state index contributed by atoms with van der Waals surface area (Å²) in [6, 6.07) is 4.95. The minimum absolute atomic E-state index is 0.829. The number of nitrogens with zero attached hydrogens (tertiary/aromatic N) is 3. The summed E-state index contributed by atoms with van der Waals surface area (Å²) in [5.74, 6) is 0. The highest BCUT2D eigenvalue weighted by Crippen LogP contribution is 2.19. The monoisotopic (exact) mass is 274 g/mol. The lowest BCUT2D eigenvalue weighted by atomic mass is 10.2. The van der Waals surface area contributed by atoms with Crippen molar-refractivity contribution in [1.82, 2.24) is 20.1 Å². The van der Waals surface area contributed by atoms with Crippen LogP contribution < -0.4 is 5.32 Å². The second kappa shape index (κ2) is 7.16. The largest absolute Gasteiger partial charge is 0.311 e. The minimum Gasteiger partial charge on any atom is -0.311 e. The van der Waals surface area contributed by atoms with E-state index in [1.165, 1.54) is 57.5 Å². The average Bonchev–Trinajstić information content (AvgIpc) is 3.15. The second-order valence-electron chi connectivity index (χ2n) is 6.02. The molecule has 2 aliphatic rings. The molecular weight excluding hydrogens is 248 g/mol. The molecule has 0 aliphatic carbocycles. The van der Waals surface area contributed by atoms with Crippen molar-refractivity contribution in [2.45, 2.75) is 31.8 Å². The van der Waals surface area contributed by atoms with Crippen molar-refractivity contribution >= 4 is 0 Å². The Balaban J connectivity index is 1.31. The number of nitrogens with one attached hydrogen (secondary N) is 1. The first-order valence-electron chi connectivity index (χ1n) is 7.98. The Morgan fingerprint density at radius 2 is 2.15 bits per heavy atom. The molecule has 2 aliphatic heterocycles. The minimum atomic E-state index is 0.829. The highest BCUT2D eigenvalue weighted by Gasteiger charge is 2.28. The van der Waals surface area contributed by atoms with Gasteiger partial charge in [0.2, 0.25) is 0 Å². The van der Waals surface area contributed by atoms with Gasteiger partial charge in [-0.05, 0) is 50.5 Å². The molecule has 1 atom stereocenters. The van der Waals surface area contributed by atoms with E-state index in [0.29, 0.717) is 0 Å². The third-order valence-corrected chi connectivity index (χ3v) is 4.56. The third-order valence-electron chi connectivity index (χ3n) is 4.56. The summed E-state index contributed by atoms with van der Waals surface area (Å²) in [5.41, 5.74) is 1.27. The van der Waals surface area contributed by atoms with Crippen LogP contribution in [-0.4, -0.2) is 60.1 Å². The molecule has 0 radical (unpaired) electrons. The van der Waals surface area contributed by atoms with Crippen LogP contribution in [0.5, 0.6) is 0 Å². The first kappa shape index (κ1) is 14.0. The zero-order valence-corrected chi connectivity index (χ0v) is 12.3. The van der Waals surface area contributed by atoms with E-state index in [9.17, 15) is 0 Å². The van der Waals surface area contributed by atoms with Gasteiger partial charge in [-0.2, -0.15) is 0 Å². The molecule has 2 saturated heterocycles. The molecule has 20 heavy (non-hydrogen) atoms. The number of pyridine rings is 1. The van der Waals surface area contributed by atoms with E-state index >= 15 is 0 Å². The summed E-state index contributed by atoms with van der Waals surface area (Å²) in [6.07, 6.45) is 7.94. The average molecular weight is 274 g/mol. The fraction of sp³-hybridized carbons (Fsp3) is 0.688. The molecule has 2 fully saturated rings. The summed E-state index contributed by atoms with van der Waals surface area (Å²) in [5, 5.41) is 3.52. The van der Waals surface area contributed by atoms with Gasteiger partial charge in [0.15, 0.2) is 0 Å². The molecule has 0 saturated carbocycles. The van der Waals surface area contributed by atoms with Crippen molar-refractivity contribution in [1.29, 1.82) is 0 Å². The number of aromatic nitrogens is 1. The van der Waals surface area contributed by atoms with Gasteiger partial charge in [-0.25, -0.2) is 0 Å². The molecule has 1 aromatic rings. The van der Waals surface area contributed by atoms with Crippen LogP contribution in [0.15, 0.2) is 24.5 Å². The second-order valence-corrected chi connectivity index (χ2v) is 6.02. The first-order valence-corrected chi connectivity index (χ1v) is 7.98. The maximum atomic E-state index is 4.14. The molecular formula is C16H26N4. The van der Waals surface area contributed by atoms with E-state index in [0.717, 1.165) is 19.1 Å². The van der Waals surface area contributed by atoms with E-state index in [2.05, 4.69) is 26.2 Å². The highest BCUT2D eigenvalue weighted by molar-refractivity contribution is 5.07. The molecule has 0 amide bonds. The predicted molar refractivity (Wildman–Crippen MR) is 81.6 cm³/mol. The van der Waals surface area contributed by atoms with Crippen molar-refractivity contribution in [3.8, 4) is 0 Å². The van der Waals surface area contributed by atoms with Crippen LogP contribution in [0, 0.1) is 0 Å². The van der Waals surface area contributed by atoms with Crippen molar-refractivity contribution in [3.05, 3.63) is 30.1 Å². The molecule has 0 spiro atoms. The lowest BCUT2D eigenvalue weighted by Gasteiger charge is -2.23. The van der Waals surface area contributed by atoms with Crippen LogP contribution >= 0.6 is 0 Å². The molecule has 1 N–H and O–H groups in total. The van der Waals surface area contributed by atoms with E-state index in [1.54, 1.807) is 0 Å². The predicted octanol–water partition coefficient (Wildman–Crippen LogP) is 1.34. The summed E-state index contributed by atoms with van der Waals surface area (Å²) in [6.45, 7) is 8.38. The zero-order valence-electron chi connectivity index (χ0n) is 12.3. The Hall–Kier alpha value is -0.970. The number of hydrogen-bond acceptors (Lipinski definition) is 4. The highest BCUT2D eigenvalue weighted by atomic mass is 15.3. The standard InChI is InChI=1S/C16H26N4/c1-2-9-20(8-1)16-5-10-19(14-16)11-7-18-13-15-4-3-6-17-12-15/h3-4,6,12,16,18H,1-2,5,7-11,13-14H2. The van der Waals surface area contributed by atoms with Crippen LogP contribution in [0.4, 0.5) is 0 Å². The van der Waals surface area contributed by atoms with Crippen LogP contribution in [0.2, 0.25) is 0 Å². The van der Waals surface area contributed by atoms with Crippen molar-refractivity contribution in [2.75, 3.05) is 39.3 Å². The molecule has 3 rings (SSSR count). The quantitative estimate of drug-likeness (QED) is 0.793. The van der Waals surface area contributed by atoms with Crippen molar-refractivity contribution in [2.24, 2.45) is 0 Å².